The van der Waals surface area contributed by atoms with E-state index in [4.69, 9.17) is 10.5 Å². The number of hydrogen-bond acceptors (Lipinski definition) is 6. The number of non-ortho nitro benzene ring substituents is 1. The van der Waals surface area contributed by atoms with Crippen LogP contribution in [0.5, 0.6) is 0 Å². The number of amides is 3. The smallest absolute Gasteiger partial charge is 0.408 e. The van der Waals surface area contributed by atoms with Gasteiger partial charge in [-0.2, -0.15) is 0 Å². The van der Waals surface area contributed by atoms with E-state index in [1.807, 2.05) is 0 Å². The van der Waals surface area contributed by atoms with Crippen LogP contribution in [0.15, 0.2) is 24.3 Å². The van der Waals surface area contributed by atoms with Gasteiger partial charge >= 0.3 is 6.09 Å². The highest BCUT2D eigenvalue weighted by atomic mass is 16.6. The van der Waals surface area contributed by atoms with Gasteiger partial charge in [-0.3, -0.25) is 19.7 Å². The Labute approximate surface area is 150 Å². The highest BCUT2D eigenvalue weighted by Crippen LogP contribution is 2.14. The summed E-state index contributed by atoms with van der Waals surface area (Å²) in [7, 11) is 0. The predicted molar refractivity (Wildman–Crippen MR) is 92.2 cm³/mol. The van der Waals surface area contributed by atoms with E-state index in [0.29, 0.717) is 5.56 Å². The molecule has 1 atom stereocenters. The fourth-order valence-corrected chi connectivity index (χ4v) is 1.95. The molecular weight excluding hydrogens is 344 g/mol. The van der Waals surface area contributed by atoms with Gasteiger partial charge in [0, 0.05) is 18.6 Å². The molecule has 0 aliphatic carbocycles. The first kappa shape index (κ1) is 20.9. The topological polar surface area (TPSA) is 154 Å². The average molecular weight is 366 g/mol. The van der Waals surface area contributed by atoms with Crippen molar-refractivity contribution in [2.45, 2.75) is 38.8 Å². The van der Waals surface area contributed by atoms with Crippen LogP contribution in [0.3, 0.4) is 0 Å². The first-order chi connectivity index (χ1) is 12.0. The van der Waals surface area contributed by atoms with Crippen LogP contribution in [0.25, 0.3) is 0 Å². The number of alkyl carbamates (subject to hydrolysis) is 1. The summed E-state index contributed by atoms with van der Waals surface area (Å²) in [6.07, 6.45) is -0.763. The van der Waals surface area contributed by atoms with Gasteiger partial charge in [-0.25, -0.2) is 4.79 Å². The zero-order chi connectivity index (χ0) is 19.9. The zero-order valence-electron chi connectivity index (χ0n) is 14.8. The van der Waals surface area contributed by atoms with Gasteiger partial charge in [-0.05, 0) is 26.3 Å². The Hall–Kier alpha value is -3.17. The highest BCUT2D eigenvalue weighted by molar-refractivity contribution is 5.89. The molecule has 0 aliphatic rings. The number of carbonyl (C=O) groups is 3. The molecule has 0 heterocycles. The van der Waals surface area contributed by atoms with Crippen LogP contribution in [0.4, 0.5) is 10.5 Å². The number of nitrogens with one attached hydrogen (secondary N) is 2. The largest absolute Gasteiger partial charge is 0.444 e. The molecule has 0 unspecified atom stereocenters. The number of nitrogens with zero attached hydrogens (tertiary/aromatic N) is 1. The van der Waals surface area contributed by atoms with Crippen molar-refractivity contribution < 1.29 is 24.0 Å². The molecule has 1 rings (SSSR count). The summed E-state index contributed by atoms with van der Waals surface area (Å²) in [5, 5.41) is 15.4. The Balaban J connectivity index is 2.88. The summed E-state index contributed by atoms with van der Waals surface area (Å²) in [5.74, 6) is -1.36. The van der Waals surface area contributed by atoms with E-state index in [2.05, 4.69) is 10.6 Å². The number of nitrogens with two attached hydrogens (primary N) is 1. The molecule has 0 spiro atoms. The molecule has 1 aromatic rings. The van der Waals surface area contributed by atoms with Gasteiger partial charge in [-0.15, -0.1) is 0 Å². The van der Waals surface area contributed by atoms with Crippen LogP contribution < -0.4 is 16.4 Å². The van der Waals surface area contributed by atoms with Gasteiger partial charge in [0.1, 0.15) is 11.6 Å². The van der Waals surface area contributed by atoms with Gasteiger partial charge in [0.2, 0.25) is 11.8 Å². The minimum absolute atomic E-state index is 0.0435. The van der Waals surface area contributed by atoms with E-state index in [-0.39, 0.29) is 18.7 Å². The second-order valence-corrected chi connectivity index (χ2v) is 6.51. The molecular formula is C16H22N4O6. The summed E-state index contributed by atoms with van der Waals surface area (Å²) in [4.78, 5) is 45.2. The highest BCUT2D eigenvalue weighted by Gasteiger charge is 2.25. The minimum Gasteiger partial charge on any atom is -0.444 e. The fourth-order valence-electron chi connectivity index (χ4n) is 1.95. The first-order valence-corrected chi connectivity index (χ1v) is 7.77. The van der Waals surface area contributed by atoms with Crippen molar-refractivity contribution in [2.24, 2.45) is 5.73 Å². The van der Waals surface area contributed by atoms with Crippen LogP contribution in [0.1, 0.15) is 26.3 Å². The lowest BCUT2D eigenvalue weighted by molar-refractivity contribution is -0.384. The third kappa shape index (κ3) is 7.60. The summed E-state index contributed by atoms with van der Waals surface area (Å²) >= 11 is 0. The van der Waals surface area contributed by atoms with Crippen molar-refractivity contribution in [3.05, 3.63) is 39.9 Å². The van der Waals surface area contributed by atoms with E-state index in [0.717, 1.165) is 0 Å². The number of ether oxygens (including phenoxy) is 1. The van der Waals surface area contributed by atoms with E-state index in [9.17, 15) is 24.5 Å². The Morgan fingerprint density at radius 2 is 1.81 bits per heavy atom. The summed E-state index contributed by atoms with van der Waals surface area (Å²) < 4.78 is 5.12. The molecule has 3 amide bonds. The van der Waals surface area contributed by atoms with E-state index < -0.39 is 34.5 Å². The number of hydrogen-bond donors (Lipinski definition) is 3. The molecule has 0 saturated carbocycles. The van der Waals surface area contributed by atoms with Crippen LogP contribution in [-0.2, 0) is 20.7 Å². The Morgan fingerprint density at radius 3 is 2.27 bits per heavy atom. The third-order valence-electron chi connectivity index (χ3n) is 3.03. The monoisotopic (exact) mass is 366 g/mol. The van der Waals surface area contributed by atoms with Crippen LogP contribution in [0.2, 0.25) is 0 Å². The van der Waals surface area contributed by atoms with Crippen molar-refractivity contribution in [2.75, 3.05) is 6.54 Å². The molecule has 0 aromatic heterocycles. The number of benzene rings is 1. The third-order valence-corrected chi connectivity index (χ3v) is 3.03. The molecule has 1 aromatic carbocycles. The number of rotatable bonds is 7. The maximum absolute atomic E-state index is 12.2. The summed E-state index contributed by atoms with van der Waals surface area (Å²) in [6.45, 7) is 4.63. The van der Waals surface area contributed by atoms with Crippen molar-refractivity contribution >= 4 is 23.6 Å². The second-order valence-electron chi connectivity index (χ2n) is 6.51. The zero-order valence-corrected chi connectivity index (χ0v) is 14.8. The van der Waals surface area contributed by atoms with Crippen LogP contribution in [0, 0.1) is 10.1 Å². The van der Waals surface area contributed by atoms with Crippen molar-refractivity contribution in [3.8, 4) is 0 Å². The molecule has 10 nitrogen and oxygen atoms in total. The van der Waals surface area contributed by atoms with Gasteiger partial charge in [0.15, 0.2) is 0 Å². The van der Waals surface area contributed by atoms with Gasteiger partial charge < -0.3 is 21.1 Å². The van der Waals surface area contributed by atoms with Crippen molar-refractivity contribution in [1.29, 1.82) is 0 Å². The van der Waals surface area contributed by atoms with Gasteiger partial charge in [-0.1, -0.05) is 12.1 Å². The van der Waals surface area contributed by atoms with Gasteiger partial charge in [0.25, 0.3) is 5.69 Å². The second kappa shape index (κ2) is 8.79. The Kier molecular flexibility index (Phi) is 7.06. The van der Waals surface area contributed by atoms with E-state index in [1.165, 1.54) is 24.3 Å². The van der Waals surface area contributed by atoms with Crippen molar-refractivity contribution in [1.82, 2.24) is 10.6 Å². The number of nitro groups is 1. The first-order valence-electron chi connectivity index (χ1n) is 7.77. The molecule has 26 heavy (non-hydrogen) atoms. The van der Waals surface area contributed by atoms with Crippen molar-refractivity contribution in [3.63, 3.8) is 0 Å². The molecule has 4 N–H and O–H groups in total. The fraction of sp³-hybridized carbons (Fsp3) is 0.438. The lowest BCUT2D eigenvalue weighted by Crippen LogP contribution is -2.50. The number of carbonyl (C=O) groups excluding carboxylic acids is 3. The number of primary amides is 1. The quantitative estimate of drug-likeness (QED) is 0.475. The lowest BCUT2D eigenvalue weighted by Gasteiger charge is -2.23. The van der Waals surface area contributed by atoms with Gasteiger partial charge in [0.05, 0.1) is 11.5 Å². The molecule has 0 bridgehead atoms. The predicted octanol–water partition coefficient (Wildman–Crippen LogP) is 0.632. The Morgan fingerprint density at radius 1 is 1.23 bits per heavy atom. The summed E-state index contributed by atoms with van der Waals surface area (Å²) in [5.41, 5.74) is 4.72. The normalized spacial score (nSPS) is 12.0. The molecule has 0 fully saturated rings. The average Bonchev–Trinajstić information content (AvgIpc) is 2.50. The standard InChI is InChI=1S/C16H22N4O6/c1-16(2,3)26-15(23)19-12(14(22)18-9-13(17)21)8-10-4-6-11(7-5-10)20(24)25/h4-7,12H,8-9H2,1-3H3,(H2,17,21)(H,18,22)(H,19,23)/t12-/m0/s1. The van der Waals surface area contributed by atoms with E-state index >= 15 is 0 Å². The Bertz CT molecular complexity index is 681. The molecule has 10 heteroatoms. The number of nitro benzene ring substituents is 1. The molecule has 142 valence electrons. The summed E-state index contributed by atoms with van der Waals surface area (Å²) in [6, 6.07) is 4.49. The maximum atomic E-state index is 12.2. The van der Waals surface area contributed by atoms with Crippen LogP contribution >= 0.6 is 0 Å². The molecule has 0 radical (unpaired) electrons. The minimum atomic E-state index is -1.05. The molecule has 0 aliphatic heterocycles. The molecule has 0 saturated heterocycles. The SMILES string of the molecule is CC(C)(C)OC(=O)N[C@@H](Cc1ccc([N+](=O)[O-])cc1)C(=O)NCC(N)=O. The lowest BCUT2D eigenvalue weighted by atomic mass is 10.0. The maximum Gasteiger partial charge on any atom is 0.408 e. The van der Waals surface area contributed by atoms with E-state index in [1.54, 1.807) is 20.8 Å². The van der Waals surface area contributed by atoms with Crippen LogP contribution in [-0.4, -0.2) is 41.0 Å².